The van der Waals surface area contributed by atoms with Gasteiger partial charge in [-0.3, -0.25) is 9.32 Å². The number of phosphoric acid groups is 1. The largest absolute Gasteiger partial charge is 0.470 e. The van der Waals surface area contributed by atoms with Crippen LogP contribution in [0.25, 0.3) is 0 Å². The number of ether oxygens (including phenoxy) is 1. The van der Waals surface area contributed by atoms with E-state index in [9.17, 15) is 19.1 Å². The molecular weight excluding hydrogens is 513 g/mol. The molecule has 2 atom stereocenters. The van der Waals surface area contributed by atoms with E-state index < -0.39 is 13.9 Å². The summed E-state index contributed by atoms with van der Waals surface area (Å²) in [7, 11) is -4.67. The molecule has 0 aliphatic carbocycles. The van der Waals surface area contributed by atoms with Crippen molar-refractivity contribution in [2.45, 2.75) is 169 Å². The monoisotopic (exact) mass is 578 g/mol. The van der Waals surface area contributed by atoms with E-state index in [4.69, 9.17) is 9.26 Å². The van der Waals surface area contributed by atoms with Gasteiger partial charge in [0.1, 0.15) is 18.8 Å². The second-order valence-corrected chi connectivity index (χ2v) is 13.0. The van der Waals surface area contributed by atoms with E-state index in [0.29, 0.717) is 19.4 Å². The molecule has 0 bridgehead atoms. The first-order valence-corrected chi connectivity index (χ1v) is 17.9. The van der Waals surface area contributed by atoms with Crippen LogP contribution in [0.1, 0.15) is 157 Å². The molecule has 0 rings (SSSR count). The third kappa shape index (κ3) is 22.9. The number of unbranched alkanes of at least 4 members (excludes halogenated alkanes) is 13. The molecule has 39 heavy (non-hydrogen) atoms. The van der Waals surface area contributed by atoms with Crippen molar-refractivity contribution in [3.63, 3.8) is 0 Å². The Bertz CT molecular complexity index is 609. The number of rotatable bonds is 28. The molecule has 0 radical (unpaired) electrons. The Labute approximate surface area is 241 Å². The summed E-state index contributed by atoms with van der Waals surface area (Å²) in [5, 5.41) is 0. The van der Waals surface area contributed by atoms with Gasteiger partial charge in [0.05, 0.1) is 19.6 Å². The predicted octanol–water partition coefficient (Wildman–Crippen LogP) is 8.70. The number of carbonyl (C=O) groups is 1. The van der Waals surface area contributed by atoms with Crippen LogP contribution in [0.2, 0.25) is 0 Å². The summed E-state index contributed by atoms with van der Waals surface area (Å²) in [5.74, 6) is -0.350. The first-order chi connectivity index (χ1) is 18.6. The van der Waals surface area contributed by atoms with Gasteiger partial charge in [0.25, 0.3) is 0 Å². The van der Waals surface area contributed by atoms with Crippen LogP contribution in [-0.4, -0.2) is 58.6 Å². The minimum Gasteiger partial charge on any atom is -0.462 e. The standard InChI is InChI=1S/C31H64NO6P/c1-6-10-11-12-13-14-15-16-17-18-19-20-21-22-23-30(37-29(5)33)27-31(38-39(34,35)36)28-32(24-7-2,25-8-3)26-9-4/h30-31H,6-28H2,1-5H3,(H-,34,35,36)/p+1. The lowest BCUT2D eigenvalue weighted by atomic mass is 10.0. The second-order valence-electron chi connectivity index (χ2n) is 11.8. The summed E-state index contributed by atoms with van der Waals surface area (Å²) in [6, 6.07) is 0. The average Bonchev–Trinajstić information content (AvgIpc) is 2.83. The first-order valence-electron chi connectivity index (χ1n) is 16.4. The van der Waals surface area contributed by atoms with Crippen molar-refractivity contribution in [1.82, 2.24) is 0 Å². The Morgan fingerprint density at radius 3 is 1.44 bits per heavy atom. The van der Waals surface area contributed by atoms with E-state index in [1.54, 1.807) is 0 Å². The van der Waals surface area contributed by atoms with E-state index in [-0.39, 0.29) is 12.1 Å². The zero-order chi connectivity index (χ0) is 29.4. The van der Waals surface area contributed by atoms with Crippen molar-refractivity contribution >= 4 is 13.8 Å². The highest BCUT2D eigenvalue weighted by molar-refractivity contribution is 7.46. The zero-order valence-corrected chi connectivity index (χ0v) is 27.2. The quantitative estimate of drug-likeness (QED) is 0.0417. The summed E-state index contributed by atoms with van der Waals surface area (Å²) >= 11 is 0. The van der Waals surface area contributed by atoms with Crippen LogP contribution in [-0.2, 0) is 18.6 Å². The highest BCUT2D eigenvalue weighted by Crippen LogP contribution is 2.39. The van der Waals surface area contributed by atoms with Gasteiger partial charge in [-0.15, -0.1) is 0 Å². The van der Waals surface area contributed by atoms with Crippen LogP contribution in [0, 0.1) is 0 Å². The van der Waals surface area contributed by atoms with Crippen LogP contribution in [0.5, 0.6) is 0 Å². The highest BCUT2D eigenvalue weighted by atomic mass is 31.2. The molecule has 0 amide bonds. The normalized spacial score (nSPS) is 13.9. The predicted molar refractivity (Wildman–Crippen MR) is 163 cm³/mol. The molecule has 234 valence electrons. The van der Waals surface area contributed by atoms with E-state index in [1.165, 1.54) is 84.0 Å². The van der Waals surface area contributed by atoms with Crippen molar-refractivity contribution in [2.24, 2.45) is 0 Å². The number of esters is 1. The number of hydrogen-bond donors (Lipinski definition) is 2. The molecule has 0 saturated carbocycles. The minimum atomic E-state index is -4.67. The van der Waals surface area contributed by atoms with Gasteiger partial charge in [-0.25, -0.2) is 4.57 Å². The van der Waals surface area contributed by atoms with Gasteiger partial charge in [-0.2, -0.15) is 0 Å². The SMILES string of the molecule is CCCCCCCCCCCCCCCCC(CC(C[N+](CCC)(CCC)CCC)OP(=O)(O)O)OC(C)=O. The fraction of sp³-hybridized carbons (Fsp3) is 0.968. The van der Waals surface area contributed by atoms with E-state index >= 15 is 0 Å². The van der Waals surface area contributed by atoms with Crippen LogP contribution in [0.15, 0.2) is 0 Å². The number of hydrogen-bond acceptors (Lipinski definition) is 4. The fourth-order valence-electron chi connectivity index (χ4n) is 6.13. The molecule has 0 saturated heterocycles. The Morgan fingerprint density at radius 2 is 1.08 bits per heavy atom. The summed E-state index contributed by atoms with van der Waals surface area (Å²) in [6.07, 6.45) is 21.0. The highest BCUT2D eigenvalue weighted by Gasteiger charge is 2.35. The third-order valence-corrected chi connectivity index (χ3v) is 8.28. The van der Waals surface area contributed by atoms with Gasteiger partial charge in [-0.05, 0) is 32.1 Å². The Balaban J connectivity index is 4.68. The van der Waals surface area contributed by atoms with E-state index in [1.807, 2.05) is 0 Å². The number of carbonyl (C=O) groups excluding carboxylic acids is 1. The molecule has 0 aromatic carbocycles. The van der Waals surface area contributed by atoms with Crippen molar-refractivity contribution < 1.29 is 32.9 Å². The van der Waals surface area contributed by atoms with Gasteiger partial charge < -0.3 is 19.0 Å². The lowest BCUT2D eigenvalue weighted by molar-refractivity contribution is -0.930. The molecule has 8 heteroatoms. The van der Waals surface area contributed by atoms with Gasteiger partial charge in [0, 0.05) is 13.3 Å². The smallest absolute Gasteiger partial charge is 0.462 e. The Morgan fingerprint density at radius 1 is 0.667 bits per heavy atom. The number of phosphoric ester groups is 1. The number of nitrogens with zero attached hydrogens (tertiary/aromatic N) is 1. The Kier molecular flexibility index (Phi) is 23.9. The molecule has 0 aromatic heterocycles. The maximum Gasteiger partial charge on any atom is 0.470 e. The molecule has 0 aliphatic rings. The lowest BCUT2D eigenvalue weighted by Gasteiger charge is -2.41. The van der Waals surface area contributed by atoms with E-state index in [0.717, 1.165) is 56.2 Å². The number of quaternary nitrogens is 1. The second kappa shape index (κ2) is 24.2. The maximum absolute atomic E-state index is 11.9. The molecule has 0 aromatic rings. The van der Waals surface area contributed by atoms with Crippen molar-refractivity contribution in [2.75, 3.05) is 26.2 Å². The molecule has 2 unspecified atom stereocenters. The van der Waals surface area contributed by atoms with Crippen LogP contribution in [0.3, 0.4) is 0 Å². The van der Waals surface area contributed by atoms with Gasteiger partial charge in [0.15, 0.2) is 0 Å². The van der Waals surface area contributed by atoms with Crippen molar-refractivity contribution in [3.05, 3.63) is 0 Å². The minimum absolute atomic E-state index is 0.320. The Hall–Kier alpha value is -0.460. The van der Waals surface area contributed by atoms with Crippen molar-refractivity contribution in [3.8, 4) is 0 Å². The van der Waals surface area contributed by atoms with E-state index in [2.05, 4.69) is 27.7 Å². The topological polar surface area (TPSA) is 93.1 Å². The van der Waals surface area contributed by atoms with Gasteiger partial charge >= 0.3 is 13.8 Å². The summed E-state index contributed by atoms with van der Waals surface area (Å²) < 4.78 is 23.6. The average molecular weight is 579 g/mol. The summed E-state index contributed by atoms with van der Waals surface area (Å²) in [6.45, 7) is 13.5. The summed E-state index contributed by atoms with van der Waals surface area (Å²) in [5.41, 5.74) is 0. The summed E-state index contributed by atoms with van der Waals surface area (Å²) in [4.78, 5) is 31.1. The van der Waals surface area contributed by atoms with Gasteiger partial charge in [-0.1, -0.05) is 111 Å². The van der Waals surface area contributed by atoms with Crippen LogP contribution < -0.4 is 0 Å². The molecular formula is C31H65NO6P+. The molecule has 0 aliphatic heterocycles. The van der Waals surface area contributed by atoms with Crippen LogP contribution in [0.4, 0.5) is 0 Å². The molecule has 0 heterocycles. The van der Waals surface area contributed by atoms with Crippen LogP contribution >= 0.6 is 7.82 Å². The lowest BCUT2D eigenvalue weighted by Crippen LogP contribution is -2.54. The maximum atomic E-state index is 11.9. The van der Waals surface area contributed by atoms with Gasteiger partial charge in [0.2, 0.25) is 0 Å². The molecule has 2 N–H and O–H groups in total. The molecule has 0 fully saturated rings. The first kappa shape index (κ1) is 38.5. The molecule has 0 spiro atoms. The zero-order valence-electron chi connectivity index (χ0n) is 26.3. The fourth-order valence-corrected chi connectivity index (χ4v) is 6.67. The van der Waals surface area contributed by atoms with Crippen molar-refractivity contribution in [1.29, 1.82) is 0 Å². The third-order valence-electron chi connectivity index (χ3n) is 7.71. The molecule has 7 nitrogen and oxygen atoms in total.